The molecule has 1 aliphatic carbocycles. The molecule has 1 aromatic heterocycles. The van der Waals surface area contributed by atoms with Crippen molar-refractivity contribution in [3.63, 3.8) is 0 Å². The number of amides is 1. The van der Waals surface area contributed by atoms with Crippen molar-refractivity contribution in [2.24, 2.45) is 5.92 Å². The molecule has 0 unspecified atom stereocenters. The maximum Gasteiger partial charge on any atom is 0.341 e. The first-order chi connectivity index (χ1) is 13.6. The maximum absolute atomic E-state index is 13.1. The van der Waals surface area contributed by atoms with Gasteiger partial charge in [0.05, 0.1) is 12.2 Å². The van der Waals surface area contributed by atoms with Crippen LogP contribution in [0.2, 0.25) is 0 Å². The molecule has 5 heteroatoms. The van der Waals surface area contributed by atoms with Gasteiger partial charge >= 0.3 is 5.97 Å². The monoisotopic (exact) mass is 407 g/mol. The van der Waals surface area contributed by atoms with E-state index in [0.29, 0.717) is 17.2 Å². The van der Waals surface area contributed by atoms with Crippen molar-refractivity contribution in [1.82, 2.24) is 0 Å². The lowest BCUT2D eigenvalue weighted by molar-refractivity contribution is -0.120. The van der Waals surface area contributed by atoms with Crippen molar-refractivity contribution >= 4 is 28.2 Å². The predicted octanol–water partition coefficient (Wildman–Crippen LogP) is 6.52. The lowest BCUT2D eigenvalue weighted by Crippen LogP contribution is -2.24. The molecule has 1 heterocycles. The summed E-state index contributed by atoms with van der Waals surface area (Å²) in [4.78, 5) is 26.9. The highest BCUT2D eigenvalue weighted by Crippen LogP contribution is 2.39. The maximum atomic E-state index is 13.1. The number of unbranched alkanes of at least 4 members (excludes halogenated alkanes) is 4. The Morgan fingerprint density at radius 3 is 2.43 bits per heavy atom. The Morgan fingerprint density at radius 1 is 1.00 bits per heavy atom. The third-order valence-corrected chi connectivity index (χ3v) is 6.78. The highest BCUT2D eigenvalue weighted by Gasteiger charge is 2.28. The first-order valence-corrected chi connectivity index (χ1v) is 12.1. The smallest absolute Gasteiger partial charge is 0.341 e. The first-order valence-electron chi connectivity index (χ1n) is 11.2. The van der Waals surface area contributed by atoms with Crippen molar-refractivity contribution in [2.45, 2.75) is 97.8 Å². The van der Waals surface area contributed by atoms with E-state index in [9.17, 15) is 9.59 Å². The van der Waals surface area contributed by atoms with Gasteiger partial charge in [0.2, 0.25) is 5.91 Å². The second-order valence-electron chi connectivity index (χ2n) is 7.81. The fourth-order valence-corrected chi connectivity index (χ4v) is 5.24. The Labute approximate surface area is 174 Å². The summed E-state index contributed by atoms with van der Waals surface area (Å²) < 4.78 is 5.31. The van der Waals surface area contributed by atoms with Crippen molar-refractivity contribution in [1.29, 1.82) is 0 Å². The summed E-state index contributed by atoms with van der Waals surface area (Å²) in [6.07, 6.45) is 12.9. The highest BCUT2D eigenvalue weighted by atomic mass is 32.1. The minimum Gasteiger partial charge on any atom is -0.462 e. The van der Waals surface area contributed by atoms with Gasteiger partial charge in [-0.2, -0.15) is 0 Å². The summed E-state index contributed by atoms with van der Waals surface area (Å²) >= 11 is 1.58. The molecule has 1 aromatic rings. The molecule has 0 bridgehead atoms. The fraction of sp³-hybridized carbons (Fsp3) is 0.739. The number of thiophene rings is 1. The molecule has 28 heavy (non-hydrogen) atoms. The molecular weight excluding hydrogens is 370 g/mol. The quantitative estimate of drug-likeness (QED) is 0.317. The van der Waals surface area contributed by atoms with Gasteiger partial charge in [-0.3, -0.25) is 4.79 Å². The van der Waals surface area contributed by atoms with E-state index >= 15 is 0 Å². The Bertz CT molecular complexity index is 638. The number of ether oxygens (including phenoxy) is 1. The standard InChI is InChI=1S/C23H37NO3S/c1-4-7-9-10-14-17(13-8-5-2)21(25)24-22-20(23(26)27-6-3)18-15-11-12-16-19(18)28-22/h17H,4-16H2,1-3H3,(H,24,25)/t17-/m1/s1. The van der Waals surface area contributed by atoms with Gasteiger partial charge in [0.25, 0.3) is 0 Å². The normalized spacial score (nSPS) is 14.4. The van der Waals surface area contributed by atoms with Gasteiger partial charge in [-0.15, -0.1) is 11.3 Å². The Kier molecular flexibility index (Phi) is 10.0. The number of fused-ring (bicyclic) bond motifs is 1. The van der Waals surface area contributed by atoms with Gasteiger partial charge in [-0.25, -0.2) is 4.79 Å². The van der Waals surface area contributed by atoms with Crippen molar-refractivity contribution in [2.75, 3.05) is 11.9 Å². The summed E-state index contributed by atoms with van der Waals surface area (Å²) in [6.45, 7) is 6.55. The summed E-state index contributed by atoms with van der Waals surface area (Å²) in [5.74, 6) is -0.176. The van der Waals surface area contributed by atoms with E-state index in [1.165, 1.54) is 24.1 Å². The molecule has 1 amide bonds. The van der Waals surface area contributed by atoms with Crippen molar-refractivity contribution in [3.8, 4) is 0 Å². The molecule has 0 saturated heterocycles. The van der Waals surface area contributed by atoms with E-state index in [1.54, 1.807) is 11.3 Å². The lowest BCUT2D eigenvalue weighted by atomic mass is 9.94. The number of aryl methyl sites for hydroxylation is 1. The number of carbonyl (C=O) groups is 2. The van der Waals surface area contributed by atoms with Crippen LogP contribution in [0.4, 0.5) is 5.00 Å². The molecule has 0 saturated carbocycles. The molecular formula is C23H37NO3S. The molecule has 1 atom stereocenters. The Morgan fingerprint density at radius 2 is 1.71 bits per heavy atom. The molecule has 0 aromatic carbocycles. The largest absolute Gasteiger partial charge is 0.462 e. The van der Waals surface area contributed by atoms with E-state index in [4.69, 9.17) is 4.74 Å². The highest BCUT2D eigenvalue weighted by molar-refractivity contribution is 7.17. The van der Waals surface area contributed by atoms with Gasteiger partial charge < -0.3 is 10.1 Å². The zero-order valence-electron chi connectivity index (χ0n) is 17.9. The number of carbonyl (C=O) groups excluding carboxylic acids is 2. The lowest BCUT2D eigenvalue weighted by Gasteiger charge is -2.17. The molecule has 1 aliphatic rings. The molecule has 0 fully saturated rings. The second kappa shape index (κ2) is 12.3. The minimum atomic E-state index is -0.287. The van der Waals surface area contributed by atoms with Crippen LogP contribution in [0.25, 0.3) is 0 Å². The molecule has 2 rings (SSSR count). The number of esters is 1. The number of hydrogen-bond donors (Lipinski definition) is 1. The van der Waals surface area contributed by atoms with Crippen LogP contribution in [-0.2, 0) is 22.4 Å². The minimum absolute atomic E-state index is 0.0333. The number of rotatable bonds is 12. The number of hydrogen-bond acceptors (Lipinski definition) is 4. The van der Waals surface area contributed by atoms with E-state index < -0.39 is 0 Å². The predicted molar refractivity (Wildman–Crippen MR) is 117 cm³/mol. The SMILES string of the molecule is CCCCCC[C@@H](CCCC)C(=O)Nc1sc2c(c1C(=O)OCC)CCCC2. The van der Waals surface area contributed by atoms with Crippen LogP contribution >= 0.6 is 11.3 Å². The molecule has 158 valence electrons. The second-order valence-corrected chi connectivity index (χ2v) is 8.92. The van der Waals surface area contributed by atoms with E-state index in [1.807, 2.05) is 6.92 Å². The van der Waals surface area contributed by atoms with E-state index in [-0.39, 0.29) is 17.8 Å². The third kappa shape index (κ3) is 6.33. The average Bonchev–Trinajstić information content (AvgIpc) is 3.05. The summed E-state index contributed by atoms with van der Waals surface area (Å²) in [5, 5.41) is 3.85. The van der Waals surface area contributed by atoms with Crippen LogP contribution in [-0.4, -0.2) is 18.5 Å². The molecule has 0 radical (unpaired) electrons. The molecule has 0 aliphatic heterocycles. The van der Waals surface area contributed by atoms with E-state index in [2.05, 4.69) is 19.2 Å². The number of nitrogens with one attached hydrogen (secondary N) is 1. The number of anilines is 1. The van der Waals surface area contributed by atoms with Crippen LogP contribution in [0.1, 0.15) is 106 Å². The summed E-state index contributed by atoms with van der Waals surface area (Å²) in [5.41, 5.74) is 1.73. The van der Waals surface area contributed by atoms with Crippen molar-refractivity contribution in [3.05, 3.63) is 16.0 Å². The third-order valence-electron chi connectivity index (χ3n) is 5.57. The molecule has 1 N–H and O–H groups in total. The zero-order valence-corrected chi connectivity index (χ0v) is 18.7. The van der Waals surface area contributed by atoms with Gasteiger partial charge in [0.1, 0.15) is 5.00 Å². The van der Waals surface area contributed by atoms with Crippen LogP contribution in [0.5, 0.6) is 0 Å². The average molecular weight is 408 g/mol. The van der Waals surface area contributed by atoms with Crippen LogP contribution in [0.3, 0.4) is 0 Å². The van der Waals surface area contributed by atoms with Gasteiger partial charge in [-0.1, -0.05) is 52.4 Å². The molecule has 4 nitrogen and oxygen atoms in total. The van der Waals surface area contributed by atoms with Crippen LogP contribution in [0.15, 0.2) is 0 Å². The topological polar surface area (TPSA) is 55.4 Å². The summed E-state index contributed by atoms with van der Waals surface area (Å²) in [6, 6.07) is 0. The summed E-state index contributed by atoms with van der Waals surface area (Å²) in [7, 11) is 0. The van der Waals surface area contributed by atoms with Gasteiger partial charge in [0.15, 0.2) is 0 Å². The van der Waals surface area contributed by atoms with Crippen molar-refractivity contribution < 1.29 is 14.3 Å². The Hall–Kier alpha value is -1.36. The Balaban J connectivity index is 2.14. The zero-order chi connectivity index (χ0) is 20.4. The molecule has 0 spiro atoms. The van der Waals surface area contributed by atoms with Gasteiger partial charge in [-0.05, 0) is 51.0 Å². The fourth-order valence-electron chi connectivity index (χ4n) is 3.96. The van der Waals surface area contributed by atoms with Crippen LogP contribution < -0.4 is 5.32 Å². The van der Waals surface area contributed by atoms with E-state index in [0.717, 1.165) is 63.4 Å². The first kappa shape index (κ1) is 22.9. The van der Waals surface area contributed by atoms with Gasteiger partial charge in [0, 0.05) is 10.8 Å². The van der Waals surface area contributed by atoms with Crippen LogP contribution in [0, 0.1) is 5.92 Å².